The van der Waals surface area contributed by atoms with Crippen molar-refractivity contribution in [3.8, 4) is 0 Å². The Bertz CT molecular complexity index is 698. The molecule has 2 atom stereocenters. The average Bonchev–Trinajstić information content (AvgIpc) is 3.44. The van der Waals surface area contributed by atoms with Crippen molar-refractivity contribution in [3.05, 3.63) is 23.8 Å². The third-order valence-electron chi connectivity index (χ3n) is 6.95. The largest absolute Gasteiger partial charge is 0.252 e. The summed E-state index contributed by atoms with van der Waals surface area (Å²) in [6, 6.07) is 0. The fraction of sp³-hybridized carbons (Fsp3) is 0.857. The molecule has 0 fully saturated rings. The van der Waals surface area contributed by atoms with Crippen LogP contribution in [0, 0.1) is 23.7 Å². The molecule has 0 bridgehead atoms. The fourth-order valence-corrected chi connectivity index (χ4v) is 4.41. The van der Waals surface area contributed by atoms with Crippen LogP contribution in [0.4, 0.5) is 0 Å². The lowest BCUT2D eigenvalue weighted by Gasteiger charge is -2.15. The van der Waals surface area contributed by atoms with E-state index in [1.807, 2.05) is 9.36 Å². The van der Waals surface area contributed by atoms with E-state index in [0.29, 0.717) is 5.92 Å². The molecular formula is C28H52N6. The summed E-state index contributed by atoms with van der Waals surface area (Å²) in [6.07, 6.45) is 18.9. The summed E-state index contributed by atoms with van der Waals surface area (Å²) in [6.45, 7) is 15.9. The van der Waals surface area contributed by atoms with Crippen LogP contribution >= 0.6 is 0 Å². The van der Waals surface area contributed by atoms with Crippen molar-refractivity contribution in [1.29, 1.82) is 0 Å². The second kappa shape index (κ2) is 16.0. The van der Waals surface area contributed by atoms with Crippen LogP contribution in [0.5, 0.6) is 0 Å². The maximum absolute atomic E-state index is 4.39. The van der Waals surface area contributed by atoms with Crippen molar-refractivity contribution in [2.24, 2.45) is 23.7 Å². The highest BCUT2D eigenvalue weighted by molar-refractivity contribution is 4.93. The van der Waals surface area contributed by atoms with E-state index >= 15 is 0 Å². The molecule has 34 heavy (non-hydrogen) atoms. The van der Waals surface area contributed by atoms with E-state index in [9.17, 15) is 0 Å². The van der Waals surface area contributed by atoms with Crippen LogP contribution in [-0.2, 0) is 25.9 Å². The minimum absolute atomic E-state index is 0.716. The molecule has 2 unspecified atom stereocenters. The standard InChI is InChI=1S/C28H52N6/c1-23(2)11-7-8-13-27-21-34(32-29-27)20-18-26(6)15-14-25(5)16-17-28-22-33(31-30-28)19-10-9-12-24(3)4/h21-26H,7-20H2,1-6H3. The first-order chi connectivity index (χ1) is 16.3. The number of aromatic nitrogens is 6. The maximum Gasteiger partial charge on any atom is 0.0827 e. The van der Waals surface area contributed by atoms with Crippen molar-refractivity contribution >= 4 is 0 Å². The van der Waals surface area contributed by atoms with Gasteiger partial charge < -0.3 is 0 Å². The topological polar surface area (TPSA) is 61.4 Å². The van der Waals surface area contributed by atoms with Crippen molar-refractivity contribution < 1.29 is 0 Å². The molecule has 0 aliphatic carbocycles. The Hall–Kier alpha value is -1.72. The second-order valence-electron chi connectivity index (χ2n) is 11.6. The SMILES string of the molecule is CC(C)CCCCc1cn(CCC(C)CCC(C)CCc2cn(CCCCC(C)C)nn2)nn1. The van der Waals surface area contributed by atoms with Gasteiger partial charge in [0.25, 0.3) is 0 Å². The molecule has 2 aromatic rings. The first-order valence-corrected chi connectivity index (χ1v) is 14.1. The van der Waals surface area contributed by atoms with E-state index in [-0.39, 0.29) is 0 Å². The minimum Gasteiger partial charge on any atom is -0.252 e. The van der Waals surface area contributed by atoms with Crippen LogP contribution in [0.1, 0.15) is 117 Å². The Kier molecular flexibility index (Phi) is 13.5. The summed E-state index contributed by atoms with van der Waals surface area (Å²) >= 11 is 0. The molecule has 0 aromatic carbocycles. The van der Waals surface area contributed by atoms with Crippen molar-refractivity contribution in [2.75, 3.05) is 0 Å². The zero-order valence-electron chi connectivity index (χ0n) is 23.0. The van der Waals surface area contributed by atoms with Gasteiger partial charge in [0.05, 0.1) is 11.4 Å². The number of hydrogen-bond acceptors (Lipinski definition) is 4. The first-order valence-electron chi connectivity index (χ1n) is 14.1. The third-order valence-corrected chi connectivity index (χ3v) is 6.95. The Labute approximate surface area is 209 Å². The molecular weight excluding hydrogens is 420 g/mol. The predicted octanol–water partition coefficient (Wildman–Crippen LogP) is 7.14. The lowest BCUT2D eigenvalue weighted by molar-refractivity contribution is 0.374. The molecule has 0 saturated carbocycles. The summed E-state index contributed by atoms with van der Waals surface area (Å²) in [4.78, 5) is 0. The molecule has 6 nitrogen and oxygen atoms in total. The smallest absolute Gasteiger partial charge is 0.0827 e. The monoisotopic (exact) mass is 472 g/mol. The van der Waals surface area contributed by atoms with E-state index in [4.69, 9.17) is 0 Å². The highest BCUT2D eigenvalue weighted by Gasteiger charge is 2.10. The van der Waals surface area contributed by atoms with Gasteiger partial charge in [0.15, 0.2) is 0 Å². The highest BCUT2D eigenvalue weighted by Crippen LogP contribution is 2.20. The quantitative estimate of drug-likeness (QED) is 0.204. The summed E-state index contributed by atoms with van der Waals surface area (Å²) in [5, 5.41) is 17.4. The van der Waals surface area contributed by atoms with E-state index in [0.717, 1.165) is 55.1 Å². The fourth-order valence-electron chi connectivity index (χ4n) is 4.41. The van der Waals surface area contributed by atoms with Crippen LogP contribution < -0.4 is 0 Å². The summed E-state index contributed by atoms with van der Waals surface area (Å²) in [7, 11) is 0. The van der Waals surface area contributed by atoms with Gasteiger partial charge in [-0.25, -0.2) is 0 Å². The zero-order valence-corrected chi connectivity index (χ0v) is 23.0. The molecule has 2 aromatic heterocycles. The summed E-state index contributed by atoms with van der Waals surface area (Å²) in [5.74, 6) is 3.03. The van der Waals surface area contributed by atoms with Gasteiger partial charge in [-0.15, -0.1) is 10.2 Å². The summed E-state index contributed by atoms with van der Waals surface area (Å²) in [5.41, 5.74) is 2.30. The van der Waals surface area contributed by atoms with E-state index < -0.39 is 0 Å². The number of unbranched alkanes of at least 4 members (excludes halogenated alkanes) is 2. The van der Waals surface area contributed by atoms with Crippen molar-refractivity contribution in [2.45, 2.75) is 132 Å². The average molecular weight is 473 g/mol. The number of hydrogen-bond donors (Lipinski definition) is 0. The molecule has 0 N–H and O–H groups in total. The minimum atomic E-state index is 0.716. The molecule has 0 spiro atoms. The van der Waals surface area contributed by atoms with Gasteiger partial charge in [-0.1, -0.05) is 90.5 Å². The number of aryl methyl sites for hydroxylation is 4. The predicted molar refractivity (Wildman–Crippen MR) is 142 cm³/mol. The van der Waals surface area contributed by atoms with Crippen LogP contribution in [0.15, 0.2) is 12.4 Å². The zero-order chi connectivity index (χ0) is 24.8. The van der Waals surface area contributed by atoms with Gasteiger partial charge in [-0.2, -0.15) is 0 Å². The van der Waals surface area contributed by atoms with Crippen molar-refractivity contribution in [1.82, 2.24) is 30.0 Å². The Morgan fingerprint density at radius 1 is 0.559 bits per heavy atom. The Balaban J connectivity index is 1.55. The van der Waals surface area contributed by atoms with Crippen molar-refractivity contribution in [3.63, 3.8) is 0 Å². The summed E-state index contributed by atoms with van der Waals surface area (Å²) < 4.78 is 4.08. The van der Waals surface area contributed by atoms with Crippen LogP contribution in [0.2, 0.25) is 0 Å². The van der Waals surface area contributed by atoms with Gasteiger partial charge in [-0.3, -0.25) is 9.36 Å². The molecule has 0 amide bonds. The molecule has 0 radical (unpaired) electrons. The van der Waals surface area contributed by atoms with Gasteiger partial charge >= 0.3 is 0 Å². The highest BCUT2D eigenvalue weighted by atomic mass is 15.4. The van der Waals surface area contributed by atoms with Gasteiger partial charge in [0, 0.05) is 25.5 Å². The van der Waals surface area contributed by atoms with Gasteiger partial charge in [-0.05, 0) is 62.2 Å². The molecule has 2 heterocycles. The number of rotatable bonds is 19. The van der Waals surface area contributed by atoms with E-state index in [1.165, 1.54) is 64.2 Å². The molecule has 2 rings (SSSR count). The molecule has 0 aliphatic rings. The van der Waals surface area contributed by atoms with Crippen LogP contribution in [0.25, 0.3) is 0 Å². The lowest BCUT2D eigenvalue weighted by Crippen LogP contribution is -2.07. The molecule has 194 valence electrons. The van der Waals surface area contributed by atoms with Gasteiger partial charge in [0.2, 0.25) is 0 Å². The van der Waals surface area contributed by atoms with Crippen LogP contribution in [0.3, 0.4) is 0 Å². The number of nitrogens with zero attached hydrogens (tertiary/aromatic N) is 6. The Morgan fingerprint density at radius 3 is 1.71 bits per heavy atom. The molecule has 6 heteroatoms. The van der Waals surface area contributed by atoms with Crippen LogP contribution in [-0.4, -0.2) is 30.0 Å². The van der Waals surface area contributed by atoms with Gasteiger partial charge in [0.1, 0.15) is 0 Å². The molecule has 0 aliphatic heterocycles. The van der Waals surface area contributed by atoms with E-state index in [2.05, 4.69) is 74.6 Å². The second-order valence-corrected chi connectivity index (χ2v) is 11.6. The third kappa shape index (κ3) is 12.7. The maximum atomic E-state index is 4.39. The Morgan fingerprint density at radius 2 is 1.09 bits per heavy atom. The normalized spacial score (nSPS) is 13.8. The lowest BCUT2D eigenvalue weighted by atomic mass is 9.93. The van der Waals surface area contributed by atoms with E-state index in [1.54, 1.807) is 0 Å². The first kappa shape index (κ1) is 28.5. The molecule has 0 saturated heterocycles.